The molecule has 0 bridgehead atoms. The summed E-state index contributed by atoms with van der Waals surface area (Å²) in [6.45, 7) is 2.15. The predicted molar refractivity (Wildman–Crippen MR) is 129 cm³/mol. The average Bonchev–Trinajstić information content (AvgIpc) is 3.34. The summed E-state index contributed by atoms with van der Waals surface area (Å²) in [6.07, 6.45) is -0.832. The number of amides is 1. The van der Waals surface area contributed by atoms with Crippen molar-refractivity contribution in [2.24, 2.45) is 5.73 Å². The van der Waals surface area contributed by atoms with E-state index < -0.39 is 17.8 Å². The number of carbonyl (C=O) groups excluding carboxylic acids is 1. The van der Waals surface area contributed by atoms with Crippen LogP contribution in [0.25, 0.3) is 22.4 Å². The van der Waals surface area contributed by atoms with E-state index in [0.29, 0.717) is 29.9 Å². The summed E-state index contributed by atoms with van der Waals surface area (Å²) in [5.41, 5.74) is 5.04. The Kier molecular flexibility index (Phi) is 7.53. The van der Waals surface area contributed by atoms with Crippen LogP contribution >= 0.6 is 0 Å². The first kappa shape index (κ1) is 25.8. The van der Waals surface area contributed by atoms with Crippen LogP contribution in [0, 0.1) is 0 Å². The lowest BCUT2D eigenvalue weighted by atomic mass is 10.1. The second-order valence-corrected chi connectivity index (χ2v) is 7.93. The number of methoxy groups -OCH3 is 1. The maximum absolute atomic E-state index is 13.2. The van der Waals surface area contributed by atoms with Gasteiger partial charge in [0.2, 0.25) is 11.8 Å². The van der Waals surface area contributed by atoms with Gasteiger partial charge in [-0.3, -0.25) is 4.79 Å². The van der Waals surface area contributed by atoms with Gasteiger partial charge in [-0.25, -0.2) is 19.9 Å². The second kappa shape index (κ2) is 10.8. The number of fused-ring (bicyclic) bond motifs is 1. The molecule has 1 amide bonds. The van der Waals surface area contributed by atoms with E-state index in [1.807, 2.05) is 6.92 Å². The second-order valence-electron chi connectivity index (χ2n) is 7.93. The van der Waals surface area contributed by atoms with Crippen molar-refractivity contribution in [1.29, 1.82) is 0 Å². The highest BCUT2D eigenvalue weighted by Gasteiger charge is 2.33. The van der Waals surface area contributed by atoms with Crippen molar-refractivity contribution < 1.29 is 27.1 Å². The van der Waals surface area contributed by atoms with Crippen LogP contribution in [0.3, 0.4) is 0 Å². The molecule has 0 aliphatic heterocycles. The molecule has 0 saturated heterocycles. The zero-order chi connectivity index (χ0) is 26.6. The van der Waals surface area contributed by atoms with Gasteiger partial charge in [-0.1, -0.05) is 6.92 Å². The molecule has 37 heavy (non-hydrogen) atoms. The molecule has 0 radical (unpaired) electrons. The number of halogens is 3. The summed E-state index contributed by atoms with van der Waals surface area (Å²) >= 11 is 0. The molecular weight excluding hydrogens is 491 g/mol. The van der Waals surface area contributed by atoms with Crippen LogP contribution in [0.2, 0.25) is 0 Å². The van der Waals surface area contributed by atoms with E-state index in [1.165, 1.54) is 19.2 Å². The van der Waals surface area contributed by atoms with Crippen molar-refractivity contribution in [3.8, 4) is 17.2 Å². The normalized spacial score (nSPS) is 12.4. The SMILES string of the molecule is CC[C@@H](CNc1ncccn1)NC(=O)c1nc(-c2ccc(OC)c3nc(C(F)(F)F)ccc23)oc1CN. The third kappa shape index (κ3) is 5.61. The molecular formula is C24H24F3N7O3. The Labute approximate surface area is 209 Å². The number of nitrogens with one attached hydrogen (secondary N) is 2. The van der Waals surface area contributed by atoms with Crippen molar-refractivity contribution in [2.45, 2.75) is 32.1 Å². The number of carbonyl (C=O) groups is 1. The highest BCUT2D eigenvalue weighted by molar-refractivity contribution is 5.98. The molecule has 4 N–H and O–H groups in total. The number of nitrogens with two attached hydrogens (primary N) is 1. The molecule has 0 fully saturated rings. The number of pyridine rings is 1. The lowest BCUT2D eigenvalue weighted by Crippen LogP contribution is -2.40. The van der Waals surface area contributed by atoms with E-state index in [1.54, 1.807) is 24.5 Å². The van der Waals surface area contributed by atoms with E-state index in [2.05, 4.69) is 30.6 Å². The minimum atomic E-state index is -4.63. The Hall–Kier alpha value is -4.26. The first-order valence-electron chi connectivity index (χ1n) is 11.3. The minimum absolute atomic E-state index is 0.0173. The molecule has 0 aliphatic rings. The summed E-state index contributed by atoms with van der Waals surface area (Å²) in [7, 11) is 1.33. The van der Waals surface area contributed by atoms with Crippen molar-refractivity contribution >= 4 is 22.8 Å². The summed E-state index contributed by atoms with van der Waals surface area (Å²) in [5, 5.41) is 6.24. The topological polar surface area (TPSA) is 141 Å². The van der Waals surface area contributed by atoms with Crippen LogP contribution in [0.15, 0.2) is 47.1 Å². The van der Waals surface area contributed by atoms with Gasteiger partial charge >= 0.3 is 6.18 Å². The Morgan fingerprint density at radius 3 is 2.57 bits per heavy atom. The fourth-order valence-electron chi connectivity index (χ4n) is 3.64. The minimum Gasteiger partial charge on any atom is -0.494 e. The summed E-state index contributed by atoms with van der Waals surface area (Å²) in [6, 6.07) is 6.57. The standard InChI is InChI=1S/C24H24F3N7O3/c1-3-13(12-31-23-29-9-4-10-30-23)32-21(35)20-17(11-28)37-22(34-20)15-5-7-16(36-2)19-14(15)6-8-18(33-19)24(25,26)27/h4-10,13H,3,11-12,28H2,1-2H3,(H,32,35)(H,29,30,31)/t13-/m0/s1. The summed E-state index contributed by atoms with van der Waals surface area (Å²) in [5.74, 6) is 0.215. The Morgan fingerprint density at radius 1 is 1.16 bits per heavy atom. The van der Waals surface area contributed by atoms with Gasteiger partial charge in [-0.05, 0) is 36.8 Å². The van der Waals surface area contributed by atoms with E-state index >= 15 is 0 Å². The predicted octanol–water partition coefficient (Wildman–Crippen LogP) is 3.79. The first-order chi connectivity index (χ1) is 17.7. The van der Waals surface area contributed by atoms with E-state index in [9.17, 15) is 18.0 Å². The fourth-order valence-corrected chi connectivity index (χ4v) is 3.64. The molecule has 3 heterocycles. The summed E-state index contributed by atoms with van der Waals surface area (Å²) < 4.78 is 50.7. The van der Waals surface area contributed by atoms with Crippen LogP contribution in [0.1, 0.15) is 35.3 Å². The first-order valence-corrected chi connectivity index (χ1v) is 11.3. The molecule has 0 saturated carbocycles. The molecule has 0 aliphatic carbocycles. The number of hydrogen-bond acceptors (Lipinski definition) is 9. The fraction of sp³-hybridized carbons (Fsp3) is 0.292. The Balaban J connectivity index is 1.63. The molecule has 3 aromatic heterocycles. The Bertz CT molecular complexity index is 1390. The molecule has 13 heteroatoms. The van der Waals surface area contributed by atoms with Gasteiger partial charge < -0.3 is 25.5 Å². The van der Waals surface area contributed by atoms with Crippen molar-refractivity contribution in [3.05, 3.63) is 59.9 Å². The van der Waals surface area contributed by atoms with Crippen molar-refractivity contribution in [1.82, 2.24) is 25.3 Å². The van der Waals surface area contributed by atoms with Gasteiger partial charge in [0.25, 0.3) is 5.91 Å². The van der Waals surface area contributed by atoms with Gasteiger partial charge in [0.05, 0.1) is 13.7 Å². The third-order valence-electron chi connectivity index (χ3n) is 5.56. The smallest absolute Gasteiger partial charge is 0.433 e. The third-order valence-corrected chi connectivity index (χ3v) is 5.56. The molecule has 194 valence electrons. The van der Waals surface area contributed by atoms with Crippen LogP contribution in [-0.4, -0.2) is 45.5 Å². The van der Waals surface area contributed by atoms with Crippen LogP contribution < -0.4 is 21.1 Å². The zero-order valence-electron chi connectivity index (χ0n) is 20.0. The van der Waals surface area contributed by atoms with Crippen LogP contribution in [0.4, 0.5) is 19.1 Å². The van der Waals surface area contributed by atoms with Gasteiger partial charge in [0.15, 0.2) is 11.5 Å². The number of rotatable bonds is 9. The Morgan fingerprint density at radius 2 is 1.92 bits per heavy atom. The number of alkyl halides is 3. The molecule has 4 aromatic rings. The highest BCUT2D eigenvalue weighted by atomic mass is 19.4. The van der Waals surface area contributed by atoms with E-state index in [4.69, 9.17) is 14.9 Å². The number of hydrogen-bond donors (Lipinski definition) is 3. The molecule has 4 rings (SSSR count). The van der Waals surface area contributed by atoms with Crippen molar-refractivity contribution in [2.75, 3.05) is 19.0 Å². The maximum atomic E-state index is 13.2. The van der Waals surface area contributed by atoms with Gasteiger partial charge in [0.1, 0.15) is 17.0 Å². The number of benzene rings is 1. The molecule has 1 aromatic carbocycles. The van der Waals surface area contributed by atoms with Crippen molar-refractivity contribution in [3.63, 3.8) is 0 Å². The van der Waals surface area contributed by atoms with Crippen LogP contribution in [0.5, 0.6) is 5.75 Å². The van der Waals surface area contributed by atoms with Gasteiger partial charge in [0, 0.05) is 35.9 Å². The lowest BCUT2D eigenvalue weighted by molar-refractivity contribution is -0.140. The number of oxazole rings is 1. The molecule has 0 spiro atoms. The monoisotopic (exact) mass is 515 g/mol. The van der Waals surface area contributed by atoms with Crippen LogP contribution in [-0.2, 0) is 12.7 Å². The molecule has 1 atom stereocenters. The number of anilines is 1. The zero-order valence-corrected chi connectivity index (χ0v) is 20.0. The lowest BCUT2D eigenvalue weighted by Gasteiger charge is -2.17. The number of nitrogens with zero attached hydrogens (tertiary/aromatic N) is 4. The van der Waals surface area contributed by atoms with E-state index in [0.717, 1.165) is 6.07 Å². The summed E-state index contributed by atoms with van der Waals surface area (Å²) in [4.78, 5) is 29.3. The quantitative estimate of drug-likeness (QED) is 0.304. The van der Waals surface area contributed by atoms with E-state index in [-0.39, 0.29) is 41.2 Å². The largest absolute Gasteiger partial charge is 0.494 e. The average molecular weight is 515 g/mol. The van der Waals surface area contributed by atoms with Gasteiger partial charge in [-0.2, -0.15) is 13.2 Å². The number of ether oxygens (including phenoxy) is 1. The molecule has 10 nitrogen and oxygen atoms in total. The van der Waals surface area contributed by atoms with Gasteiger partial charge in [-0.15, -0.1) is 0 Å². The number of aromatic nitrogens is 4. The highest BCUT2D eigenvalue weighted by Crippen LogP contribution is 2.36. The maximum Gasteiger partial charge on any atom is 0.433 e. The molecule has 0 unspecified atom stereocenters.